The van der Waals surface area contributed by atoms with E-state index in [1.807, 2.05) is 0 Å². The van der Waals surface area contributed by atoms with Crippen molar-refractivity contribution in [1.29, 1.82) is 0 Å². The third-order valence-electron chi connectivity index (χ3n) is 2.13. The molecule has 0 heterocycles. The molecule has 6 nitrogen and oxygen atoms in total. The molecule has 90 valence electrons. The van der Waals surface area contributed by atoms with Crippen LogP contribution < -0.4 is 4.74 Å². The van der Waals surface area contributed by atoms with Gasteiger partial charge in [0.1, 0.15) is 5.75 Å². The van der Waals surface area contributed by atoms with E-state index in [1.54, 1.807) is 6.92 Å². The monoisotopic (exact) mass is 237 g/mol. The summed E-state index contributed by atoms with van der Waals surface area (Å²) < 4.78 is 5.12. The van der Waals surface area contributed by atoms with Gasteiger partial charge in [0, 0.05) is 11.6 Å². The number of hydrogen-bond donors (Lipinski definition) is 0. The van der Waals surface area contributed by atoms with Crippen LogP contribution in [-0.2, 0) is 0 Å². The van der Waals surface area contributed by atoms with Crippen LogP contribution in [0, 0.1) is 10.1 Å². The normalized spacial score (nSPS) is 9.76. The van der Waals surface area contributed by atoms with Gasteiger partial charge >= 0.3 is 0 Å². The van der Waals surface area contributed by atoms with Crippen LogP contribution in [0.25, 0.3) is 0 Å². The van der Waals surface area contributed by atoms with Gasteiger partial charge in [-0.05, 0) is 13.8 Å². The van der Waals surface area contributed by atoms with Gasteiger partial charge in [0.15, 0.2) is 12.1 Å². The molecular weight excluding hydrogens is 226 g/mol. The Balaban J connectivity index is 3.50. The molecule has 17 heavy (non-hydrogen) atoms. The molecule has 0 bridgehead atoms. The van der Waals surface area contributed by atoms with E-state index in [2.05, 4.69) is 0 Å². The van der Waals surface area contributed by atoms with Gasteiger partial charge in [0.2, 0.25) is 0 Å². The number of benzene rings is 1. The minimum Gasteiger partial charge on any atom is -0.493 e. The van der Waals surface area contributed by atoms with Gasteiger partial charge in [-0.15, -0.1) is 0 Å². The average Bonchev–Trinajstić information content (AvgIpc) is 2.28. The van der Waals surface area contributed by atoms with E-state index in [0.29, 0.717) is 6.29 Å². The number of carbonyl (C=O) groups is 2. The van der Waals surface area contributed by atoms with Crippen LogP contribution in [0.15, 0.2) is 12.1 Å². The number of non-ortho nitro benzene ring substituents is 1. The first-order valence-electron chi connectivity index (χ1n) is 4.92. The Morgan fingerprint density at radius 3 is 2.59 bits per heavy atom. The van der Waals surface area contributed by atoms with Crippen LogP contribution in [-0.4, -0.2) is 23.6 Å². The largest absolute Gasteiger partial charge is 0.493 e. The highest BCUT2D eigenvalue weighted by Crippen LogP contribution is 2.28. The molecule has 0 aliphatic carbocycles. The van der Waals surface area contributed by atoms with E-state index in [1.165, 1.54) is 6.92 Å². The zero-order valence-electron chi connectivity index (χ0n) is 9.43. The first kappa shape index (κ1) is 12.8. The number of carbonyl (C=O) groups excluding carboxylic acids is 2. The molecule has 0 spiro atoms. The molecule has 1 aromatic rings. The Bertz CT molecular complexity index is 481. The molecule has 0 aromatic heterocycles. The number of nitrogens with zero attached hydrogens (tertiary/aromatic N) is 1. The first-order valence-corrected chi connectivity index (χ1v) is 4.92. The lowest BCUT2D eigenvalue weighted by Gasteiger charge is -2.08. The number of nitro groups is 1. The van der Waals surface area contributed by atoms with Crippen molar-refractivity contribution >= 4 is 17.8 Å². The molecule has 0 aliphatic heterocycles. The van der Waals surface area contributed by atoms with Crippen molar-refractivity contribution in [2.24, 2.45) is 0 Å². The van der Waals surface area contributed by atoms with Gasteiger partial charge in [-0.3, -0.25) is 19.7 Å². The fraction of sp³-hybridized carbons (Fsp3) is 0.273. The van der Waals surface area contributed by atoms with E-state index < -0.39 is 10.7 Å². The van der Waals surface area contributed by atoms with E-state index in [0.717, 1.165) is 12.1 Å². The molecule has 0 unspecified atom stereocenters. The zero-order valence-corrected chi connectivity index (χ0v) is 9.43. The second kappa shape index (κ2) is 5.20. The molecule has 0 fully saturated rings. The molecule has 1 rings (SSSR count). The second-order valence-electron chi connectivity index (χ2n) is 3.27. The highest BCUT2D eigenvalue weighted by molar-refractivity contribution is 6.03. The summed E-state index contributed by atoms with van der Waals surface area (Å²) in [7, 11) is 0. The fourth-order valence-corrected chi connectivity index (χ4v) is 1.41. The third-order valence-corrected chi connectivity index (χ3v) is 2.13. The van der Waals surface area contributed by atoms with Crippen LogP contribution in [0.3, 0.4) is 0 Å². The Morgan fingerprint density at radius 2 is 2.18 bits per heavy atom. The molecule has 0 N–H and O–H groups in total. The molecular formula is C11H11NO5. The Morgan fingerprint density at radius 1 is 1.53 bits per heavy atom. The van der Waals surface area contributed by atoms with Gasteiger partial charge in [-0.2, -0.15) is 0 Å². The lowest BCUT2D eigenvalue weighted by atomic mass is 10.0. The minimum absolute atomic E-state index is 0.00218. The second-order valence-corrected chi connectivity index (χ2v) is 3.27. The summed E-state index contributed by atoms with van der Waals surface area (Å²) in [6, 6.07) is 2.22. The number of nitro benzene ring substituents is 1. The molecule has 0 amide bonds. The molecule has 6 heteroatoms. The summed E-state index contributed by atoms with van der Waals surface area (Å²) in [4.78, 5) is 32.3. The van der Waals surface area contributed by atoms with Gasteiger partial charge in [0.25, 0.3) is 5.69 Å². The van der Waals surface area contributed by atoms with Crippen molar-refractivity contribution in [3.63, 3.8) is 0 Å². The van der Waals surface area contributed by atoms with Crippen LogP contribution in [0.5, 0.6) is 5.75 Å². The van der Waals surface area contributed by atoms with Crippen LogP contribution in [0.4, 0.5) is 5.69 Å². The van der Waals surface area contributed by atoms with Crippen molar-refractivity contribution in [1.82, 2.24) is 0 Å². The molecule has 0 atom stereocenters. The lowest BCUT2D eigenvalue weighted by molar-refractivity contribution is -0.385. The summed E-state index contributed by atoms with van der Waals surface area (Å²) in [5.74, 6) is -0.362. The van der Waals surface area contributed by atoms with E-state index in [9.17, 15) is 19.7 Å². The Labute approximate surface area is 97.3 Å². The number of ketones is 1. The molecule has 0 radical (unpaired) electrons. The van der Waals surface area contributed by atoms with Crippen molar-refractivity contribution < 1.29 is 19.2 Å². The quantitative estimate of drug-likeness (QED) is 0.338. The molecule has 0 saturated carbocycles. The number of ether oxygens (including phenoxy) is 1. The first-order chi connectivity index (χ1) is 8.01. The summed E-state index contributed by atoms with van der Waals surface area (Å²) in [5.41, 5.74) is -0.230. The highest BCUT2D eigenvalue weighted by atomic mass is 16.6. The lowest BCUT2D eigenvalue weighted by Crippen LogP contribution is -2.05. The van der Waals surface area contributed by atoms with E-state index in [4.69, 9.17) is 4.74 Å². The zero-order chi connectivity index (χ0) is 13.0. The van der Waals surface area contributed by atoms with Crippen molar-refractivity contribution in [3.05, 3.63) is 33.4 Å². The van der Waals surface area contributed by atoms with Crippen molar-refractivity contribution in [2.75, 3.05) is 6.61 Å². The topological polar surface area (TPSA) is 86.5 Å². The number of aldehydes is 1. The predicted octanol–water partition coefficient (Wildman–Crippen LogP) is 2.01. The summed E-state index contributed by atoms with van der Waals surface area (Å²) in [6.07, 6.45) is 0.464. The maximum Gasteiger partial charge on any atom is 0.273 e. The summed E-state index contributed by atoms with van der Waals surface area (Å²) >= 11 is 0. The number of rotatable bonds is 5. The van der Waals surface area contributed by atoms with Gasteiger partial charge in [-0.1, -0.05) is 0 Å². The van der Waals surface area contributed by atoms with Crippen molar-refractivity contribution in [2.45, 2.75) is 13.8 Å². The van der Waals surface area contributed by atoms with E-state index in [-0.39, 0.29) is 29.2 Å². The summed E-state index contributed by atoms with van der Waals surface area (Å²) in [6.45, 7) is 3.17. The predicted molar refractivity (Wildman–Crippen MR) is 59.7 cm³/mol. The van der Waals surface area contributed by atoms with Gasteiger partial charge in [0.05, 0.1) is 23.2 Å². The van der Waals surface area contributed by atoms with Gasteiger partial charge in [-0.25, -0.2) is 0 Å². The highest BCUT2D eigenvalue weighted by Gasteiger charge is 2.19. The maximum atomic E-state index is 11.3. The molecule has 1 aromatic carbocycles. The van der Waals surface area contributed by atoms with Gasteiger partial charge < -0.3 is 4.74 Å². The third kappa shape index (κ3) is 2.66. The average molecular weight is 237 g/mol. The van der Waals surface area contributed by atoms with Crippen molar-refractivity contribution in [3.8, 4) is 5.75 Å². The van der Waals surface area contributed by atoms with Crippen LogP contribution in [0.1, 0.15) is 34.6 Å². The fourth-order valence-electron chi connectivity index (χ4n) is 1.41. The molecule has 0 aliphatic rings. The SMILES string of the molecule is CCOc1cc([N+](=O)[O-])cc(C(C)=O)c1C=O. The number of Topliss-reactive ketones (excluding diaryl/α,β-unsaturated/α-hetero) is 1. The Hall–Kier alpha value is -2.24. The van der Waals surface area contributed by atoms with E-state index >= 15 is 0 Å². The minimum atomic E-state index is -0.635. The summed E-state index contributed by atoms with van der Waals surface area (Å²) in [5, 5.41) is 10.7. The maximum absolute atomic E-state index is 11.3. The molecule has 0 saturated heterocycles. The Kier molecular flexibility index (Phi) is 3.92. The number of hydrogen-bond acceptors (Lipinski definition) is 5. The smallest absolute Gasteiger partial charge is 0.273 e. The van der Waals surface area contributed by atoms with Crippen LogP contribution >= 0.6 is 0 Å². The standard InChI is InChI=1S/C11H11NO5/c1-3-17-11-5-8(12(15)16)4-9(7(2)14)10(11)6-13/h4-6H,3H2,1-2H3. The van der Waals surface area contributed by atoms with Crippen LogP contribution in [0.2, 0.25) is 0 Å².